The molecule has 0 saturated carbocycles. The summed E-state index contributed by atoms with van der Waals surface area (Å²) in [5, 5.41) is 0. The van der Waals surface area contributed by atoms with Crippen LogP contribution in [-0.2, 0) is 9.53 Å². The van der Waals surface area contributed by atoms with E-state index in [-0.39, 0.29) is 12.0 Å². The number of ether oxygens (including phenoxy) is 1. The van der Waals surface area contributed by atoms with Crippen LogP contribution in [0.1, 0.15) is 46.5 Å². The van der Waals surface area contributed by atoms with Crippen molar-refractivity contribution in [2.75, 3.05) is 13.2 Å². The molecule has 4 nitrogen and oxygen atoms in total. The summed E-state index contributed by atoms with van der Waals surface area (Å²) < 4.78 is 5.17. The zero-order chi connectivity index (χ0) is 12.8. The lowest BCUT2D eigenvalue weighted by atomic mass is 9.93. The molecule has 1 saturated heterocycles. The van der Waals surface area contributed by atoms with Crippen molar-refractivity contribution in [3.63, 3.8) is 0 Å². The molecule has 3 atom stereocenters. The van der Waals surface area contributed by atoms with Gasteiger partial charge in [0, 0.05) is 18.6 Å². The van der Waals surface area contributed by atoms with E-state index in [1.165, 1.54) is 6.42 Å². The van der Waals surface area contributed by atoms with Crippen LogP contribution >= 0.6 is 0 Å². The number of likely N-dealkylation sites (tertiary alicyclic amines) is 1. The van der Waals surface area contributed by atoms with E-state index in [1.54, 1.807) is 0 Å². The highest BCUT2D eigenvalue weighted by atomic mass is 16.5. The zero-order valence-corrected chi connectivity index (χ0v) is 11.3. The van der Waals surface area contributed by atoms with Crippen molar-refractivity contribution >= 4 is 5.97 Å². The maximum atomic E-state index is 12.0. The minimum Gasteiger partial charge on any atom is -0.465 e. The Morgan fingerprint density at radius 2 is 2.18 bits per heavy atom. The van der Waals surface area contributed by atoms with Gasteiger partial charge in [-0.25, -0.2) is 0 Å². The highest BCUT2D eigenvalue weighted by Crippen LogP contribution is 2.26. The summed E-state index contributed by atoms with van der Waals surface area (Å²) in [4.78, 5) is 14.3. The SMILES string of the molecule is CCOC(=O)C(CC)N1C(C)CCCC1CN. The number of piperidine rings is 1. The molecule has 0 amide bonds. The second-order valence-corrected chi connectivity index (χ2v) is 4.79. The number of nitrogens with two attached hydrogens (primary N) is 1. The largest absolute Gasteiger partial charge is 0.465 e. The van der Waals surface area contributed by atoms with Gasteiger partial charge in [-0.2, -0.15) is 0 Å². The molecule has 2 N–H and O–H groups in total. The number of hydrogen-bond acceptors (Lipinski definition) is 4. The van der Waals surface area contributed by atoms with Gasteiger partial charge in [0.2, 0.25) is 0 Å². The molecule has 0 radical (unpaired) electrons. The van der Waals surface area contributed by atoms with Gasteiger partial charge in [0.15, 0.2) is 0 Å². The van der Waals surface area contributed by atoms with Crippen molar-refractivity contribution in [2.24, 2.45) is 5.73 Å². The quantitative estimate of drug-likeness (QED) is 0.743. The fourth-order valence-corrected chi connectivity index (χ4v) is 2.85. The fraction of sp³-hybridized carbons (Fsp3) is 0.923. The molecular weight excluding hydrogens is 216 g/mol. The smallest absolute Gasteiger partial charge is 0.323 e. The molecule has 0 aromatic carbocycles. The first-order chi connectivity index (χ1) is 8.15. The van der Waals surface area contributed by atoms with Gasteiger partial charge in [-0.3, -0.25) is 9.69 Å². The first kappa shape index (κ1) is 14.5. The molecule has 0 aromatic rings. The van der Waals surface area contributed by atoms with E-state index < -0.39 is 0 Å². The van der Waals surface area contributed by atoms with Crippen LogP contribution in [0.4, 0.5) is 0 Å². The molecular formula is C13H26N2O2. The normalized spacial score (nSPS) is 27.8. The highest BCUT2D eigenvalue weighted by Gasteiger charge is 2.36. The monoisotopic (exact) mass is 242 g/mol. The standard InChI is InChI=1S/C13H26N2O2/c1-4-12(13(16)17-5-2)15-10(3)7-6-8-11(15)9-14/h10-12H,4-9,14H2,1-3H3. The Morgan fingerprint density at radius 1 is 1.47 bits per heavy atom. The molecule has 1 aliphatic heterocycles. The summed E-state index contributed by atoms with van der Waals surface area (Å²) in [6, 6.07) is 0.624. The summed E-state index contributed by atoms with van der Waals surface area (Å²) in [5.74, 6) is -0.0952. The predicted molar refractivity (Wildman–Crippen MR) is 68.7 cm³/mol. The van der Waals surface area contributed by atoms with Gasteiger partial charge in [-0.1, -0.05) is 13.3 Å². The van der Waals surface area contributed by atoms with Gasteiger partial charge in [-0.05, 0) is 33.1 Å². The average molecular weight is 242 g/mol. The number of carbonyl (C=O) groups is 1. The summed E-state index contributed by atoms with van der Waals surface area (Å²) in [5.41, 5.74) is 5.83. The Kier molecular flexibility index (Phi) is 5.92. The molecule has 0 aliphatic carbocycles. The molecule has 4 heteroatoms. The van der Waals surface area contributed by atoms with Crippen LogP contribution in [0.2, 0.25) is 0 Å². The lowest BCUT2D eigenvalue weighted by Gasteiger charge is -2.43. The van der Waals surface area contributed by atoms with E-state index in [0.717, 1.165) is 19.3 Å². The van der Waals surface area contributed by atoms with Gasteiger partial charge in [0.1, 0.15) is 6.04 Å². The summed E-state index contributed by atoms with van der Waals surface area (Å²) in [6.45, 7) is 7.15. The van der Waals surface area contributed by atoms with Crippen molar-refractivity contribution in [2.45, 2.75) is 64.6 Å². The molecule has 0 aromatic heterocycles. The third-order valence-electron chi connectivity index (χ3n) is 3.67. The van der Waals surface area contributed by atoms with E-state index in [9.17, 15) is 4.79 Å². The van der Waals surface area contributed by atoms with Crippen molar-refractivity contribution in [3.05, 3.63) is 0 Å². The number of rotatable bonds is 5. The lowest BCUT2D eigenvalue weighted by molar-refractivity contribution is -0.152. The van der Waals surface area contributed by atoms with Crippen LogP contribution in [0.25, 0.3) is 0 Å². The number of nitrogens with zero attached hydrogens (tertiary/aromatic N) is 1. The molecule has 1 rings (SSSR count). The van der Waals surface area contributed by atoms with E-state index in [4.69, 9.17) is 10.5 Å². The number of esters is 1. The van der Waals surface area contributed by atoms with Crippen molar-refractivity contribution < 1.29 is 9.53 Å². The van der Waals surface area contributed by atoms with Crippen LogP contribution in [0.3, 0.4) is 0 Å². The third kappa shape index (κ3) is 3.42. The maximum Gasteiger partial charge on any atom is 0.323 e. The Balaban J connectivity index is 2.78. The summed E-state index contributed by atoms with van der Waals surface area (Å²) in [6.07, 6.45) is 4.24. The van der Waals surface area contributed by atoms with Crippen molar-refractivity contribution in [1.29, 1.82) is 0 Å². The van der Waals surface area contributed by atoms with Gasteiger partial charge >= 0.3 is 5.97 Å². The van der Waals surface area contributed by atoms with Crippen molar-refractivity contribution in [3.8, 4) is 0 Å². The van der Waals surface area contributed by atoms with Crippen LogP contribution in [0.5, 0.6) is 0 Å². The highest BCUT2D eigenvalue weighted by molar-refractivity contribution is 5.75. The van der Waals surface area contributed by atoms with Gasteiger partial charge in [0.05, 0.1) is 6.61 Å². The second-order valence-electron chi connectivity index (χ2n) is 4.79. The summed E-state index contributed by atoms with van der Waals surface area (Å²) in [7, 11) is 0. The molecule has 0 bridgehead atoms. The Labute approximate surface area is 104 Å². The minimum atomic E-state index is -0.126. The van der Waals surface area contributed by atoms with E-state index in [0.29, 0.717) is 25.2 Å². The predicted octanol–water partition coefficient (Wildman–Crippen LogP) is 1.53. The Hall–Kier alpha value is -0.610. The Morgan fingerprint density at radius 3 is 2.71 bits per heavy atom. The van der Waals surface area contributed by atoms with E-state index >= 15 is 0 Å². The second kappa shape index (κ2) is 6.97. The third-order valence-corrected chi connectivity index (χ3v) is 3.67. The maximum absolute atomic E-state index is 12.0. The molecule has 0 spiro atoms. The molecule has 100 valence electrons. The van der Waals surface area contributed by atoms with E-state index in [1.807, 2.05) is 13.8 Å². The minimum absolute atomic E-state index is 0.0952. The average Bonchev–Trinajstić information content (AvgIpc) is 2.32. The molecule has 17 heavy (non-hydrogen) atoms. The lowest BCUT2D eigenvalue weighted by Crippen LogP contribution is -2.56. The molecule has 1 aliphatic rings. The summed E-state index contributed by atoms with van der Waals surface area (Å²) >= 11 is 0. The molecule has 1 fully saturated rings. The van der Waals surface area contributed by atoms with Crippen LogP contribution < -0.4 is 5.73 Å². The fourth-order valence-electron chi connectivity index (χ4n) is 2.85. The van der Waals surface area contributed by atoms with Crippen molar-refractivity contribution in [1.82, 2.24) is 4.90 Å². The van der Waals surface area contributed by atoms with Gasteiger partial charge < -0.3 is 10.5 Å². The first-order valence-corrected chi connectivity index (χ1v) is 6.79. The Bertz CT molecular complexity index is 246. The van der Waals surface area contributed by atoms with E-state index in [2.05, 4.69) is 11.8 Å². The van der Waals surface area contributed by atoms with Gasteiger partial charge in [-0.15, -0.1) is 0 Å². The molecule has 3 unspecified atom stereocenters. The van der Waals surface area contributed by atoms with Crippen LogP contribution in [-0.4, -0.2) is 42.1 Å². The van der Waals surface area contributed by atoms with Crippen LogP contribution in [0, 0.1) is 0 Å². The zero-order valence-electron chi connectivity index (χ0n) is 11.3. The van der Waals surface area contributed by atoms with Crippen LogP contribution in [0.15, 0.2) is 0 Å². The number of carbonyl (C=O) groups excluding carboxylic acids is 1. The topological polar surface area (TPSA) is 55.6 Å². The molecule has 1 heterocycles. The first-order valence-electron chi connectivity index (χ1n) is 6.79. The van der Waals surface area contributed by atoms with Gasteiger partial charge in [0.25, 0.3) is 0 Å². The number of hydrogen-bond donors (Lipinski definition) is 1.